The Morgan fingerprint density at radius 1 is 1.10 bits per heavy atom. The molecule has 2 heterocycles. The first-order chi connectivity index (χ1) is 19.5. The first-order valence-corrected chi connectivity index (χ1v) is 13.3. The number of allylic oxidation sites excluding steroid dienone is 3. The second-order valence-electron chi connectivity index (χ2n) is 10.3. The number of hydrogen-bond acceptors (Lipinski definition) is 6. The van der Waals surface area contributed by atoms with Crippen LogP contribution >= 0.6 is 0 Å². The van der Waals surface area contributed by atoms with Crippen molar-refractivity contribution in [2.24, 2.45) is 10.9 Å². The summed E-state index contributed by atoms with van der Waals surface area (Å²) >= 11 is 0. The van der Waals surface area contributed by atoms with Gasteiger partial charge < -0.3 is 15.1 Å². The Morgan fingerprint density at radius 2 is 1.88 bits per heavy atom. The Bertz CT molecular complexity index is 1490. The molecule has 1 unspecified atom stereocenters. The highest BCUT2D eigenvalue weighted by Gasteiger charge is 2.35. The highest BCUT2D eigenvalue weighted by molar-refractivity contribution is 6.04. The molecule has 1 aromatic heterocycles. The van der Waals surface area contributed by atoms with Crippen molar-refractivity contribution in [2.45, 2.75) is 26.4 Å². The van der Waals surface area contributed by atoms with E-state index in [9.17, 15) is 18.0 Å². The predicted octanol–water partition coefficient (Wildman–Crippen LogP) is 5.85. The number of aromatic nitrogens is 3. The summed E-state index contributed by atoms with van der Waals surface area (Å²) in [5.74, 6) is -0.286. The minimum atomic E-state index is -4.59. The number of anilines is 2. The van der Waals surface area contributed by atoms with Crippen molar-refractivity contribution in [3.8, 4) is 5.69 Å². The Balaban J connectivity index is 1.56. The largest absolute Gasteiger partial charge is 0.418 e. The van der Waals surface area contributed by atoms with E-state index in [0.29, 0.717) is 24.5 Å². The zero-order valence-electron chi connectivity index (χ0n) is 23.8. The van der Waals surface area contributed by atoms with Gasteiger partial charge in [-0.3, -0.25) is 9.79 Å². The standard InChI is InChI=1S/C30H34F3N7O/c1-6-21-8-10-23(18-34-17-21)26-19-40(37-36-26)28-15-22(9-7-20(28)2)29(41)35-24-11-12-27(25(16-24)30(31,32)33)39(5)14-13-38(3)4/h7-12,15-19,21H,6,13-14H2,1-5H3,(H,35,41). The van der Waals surface area contributed by atoms with Gasteiger partial charge in [-0.2, -0.15) is 13.2 Å². The quantitative estimate of drug-likeness (QED) is 0.352. The fourth-order valence-corrected chi connectivity index (χ4v) is 4.31. The van der Waals surface area contributed by atoms with E-state index in [1.807, 2.05) is 38.2 Å². The van der Waals surface area contributed by atoms with Crippen LogP contribution in [0.5, 0.6) is 0 Å². The maximum atomic E-state index is 13.9. The number of carbonyl (C=O) groups excluding carboxylic acids is 1. The van der Waals surface area contributed by atoms with Crippen molar-refractivity contribution >= 4 is 29.1 Å². The lowest BCUT2D eigenvalue weighted by atomic mass is 10.1. The molecule has 216 valence electrons. The molecule has 2 aromatic carbocycles. The van der Waals surface area contributed by atoms with Crippen LogP contribution in [0.25, 0.3) is 11.3 Å². The van der Waals surface area contributed by atoms with Gasteiger partial charge >= 0.3 is 6.18 Å². The molecule has 0 saturated carbocycles. The molecule has 1 amide bonds. The summed E-state index contributed by atoms with van der Waals surface area (Å²) in [6, 6.07) is 8.85. The van der Waals surface area contributed by atoms with E-state index in [2.05, 4.69) is 33.6 Å². The fourth-order valence-electron chi connectivity index (χ4n) is 4.31. The van der Waals surface area contributed by atoms with Crippen LogP contribution in [0.4, 0.5) is 24.5 Å². The SMILES string of the molecule is CCC1C=CC(c2cn(-c3cc(C(=O)Nc4ccc(N(C)CCN(C)C)c(C(F)(F)F)c4)ccc3C)nn2)=CN=C1. The third-order valence-electron chi connectivity index (χ3n) is 6.85. The van der Waals surface area contributed by atoms with Crippen LogP contribution in [0, 0.1) is 12.8 Å². The molecule has 41 heavy (non-hydrogen) atoms. The van der Waals surface area contributed by atoms with Gasteiger partial charge in [0.2, 0.25) is 0 Å². The lowest BCUT2D eigenvalue weighted by molar-refractivity contribution is -0.137. The van der Waals surface area contributed by atoms with E-state index < -0.39 is 17.6 Å². The Kier molecular flexibility index (Phi) is 9.07. The first kappa shape index (κ1) is 29.7. The van der Waals surface area contributed by atoms with E-state index >= 15 is 0 Å². The fraction of sp³-hybridized carbons (Fsp3) is 0.333. The molecule has 3 aromatic rings. The van der Waals surface area contributed by atoms with Crippen molar-refractivity contribution < 1.29 is 18.0 Å². The molecule has 0 aliphatic carbocycles. The smallest absolute Gasteiger partial charge is 0.373 e. The summed E-state index contributed by atoms with van der Waals surface area (Å²) < 4.78 is 43.4. The van der Waals surface area contributed by atoms with Gasteiger partial charge in [0.05, 0.1) is 17.4 Å². The lowest BCUT2D eigenvalue weighted by Crippen LogP contribution is -2.30. The molecule has 1 aliphatic rings. The number of aliphatic imine (C=N–C) groups is 1. The van der Waals surface area contributed by atoms with Gasteiger partial charge in [0.15, 0.2) is 0 Å². The minimum Gasteiger partial charge on any atom is -0.373 e. The first-order valence-electron chi connectivity index (χ1n) is 13.3. The molecule has 0 spiro atoms. The Labute approximate surface area is 237 Å². The molecular formula is C30H34F3N7O. The van der Waals surface area contributed by atoms with Crippen LogP contribution in [0.2, 0.25) is 0 Å². The maximum Gasteiger partial charge on any atom is 0.418 e. The third-order valence-corrected chi connectivity index (χ3v) is 6.85. The van der Waals surface area contributed by atoms with Gasteiger partial charge in [0.1, 0.15) is 5.69 Å². The molecule has 11 heteroatoms. The number of alkyl halides is 3. The third kappa shape index (κ3) is 7.29. The number of nitrogens with zero attached hydrogens (tertiary/aromatic N) is 6. The van der Waals surface area contributed by atoms with Crippen molar-refractivity contribution in [3.63, 3.8) is 0 Å². The number of amides is 1. The van der Waals surface area contributed by atoms with Gasteiger partial charge in [0.25, 0.3) is 5.91 Å². The van der Waals surface area contributed by atoms with Gasteiger partial charge in [-0.1, -0.05) is 30.4 Å². The molecule has 1 aliphatic heterocycles. The van der Waals surface area contributed by atoms with Crippen LogP contribution in [0.3, 0.4) is 0 Å². The van der Waals surface area contributed by atoms with E-state index in [4.69, 9.17) is 0 Å². The summed E-state index contributed by atoms with van der Waals surface area (Å²) in [5.41, 5.74) is 2.46. The molecule has 0 fully saturated rings. The van der Waals surface area contributed by atoms with Crippen LogP contribution in [-0.4, -0.2) is 66.2 Å². The van der Waals surface area contributed by atoms with Crippen molar-refractivity contribution in [1.29, 1.82) is 0 Å². The molecule has 0 saturated heterocycles. The molecule has 1 N–H and O–H groups in total. The highest BCUT2D eigenvalue weighted by atomic mass is 19.4. The summed E-state index contributed by atoms with van der Waals surface area (Å²) in [5, 5.41) is 11.1. The monoisotopic (exact) mass is 565 g/mol. The second-order valence-corrected chi connectivity index (χ2v) is 10.3. The van der Waals surface area contributed by atoms with Crippen LogP contribution in [-0.2, 0) is 6.18 Å². The maximum absolute atomic E-state index is 13.9. The zero-order chi connectivity index (χ0) is 29.7. The topological polar surface area (TPSA) is 78.7 Å². The van der Waals surface area contributed by atoms with Crippen molar-refractivity contribution in [3.05, 3.63) is 83.3 Å². The normalized spacial score (nSPS) is 15.1. The molecule has 0 radical (unpaired) electrons. The number of likely N-dealkylation sites (N-methyl/N-ethyl adjacent to an activating group) is 2. The number of benzene rings is 2. The summed E-state index contributed by atoms with van der Waals surface area (Å²) in [6.45, 7) is 4.97. The molecular weight excluding hydrogens is 531 g/mol. The molecule has 1 atom stereocenters. The molecule has 0 bridgehead atoms. The van der Waals surface area contributed by atoms with Gasteiger partial charge in [-0.15, -0.1) is 5.10 Å². The van der Waals surface area contributed by atoms with E-state index in [-0.39, 0.29) is 22.9 Å². The number of aryl methyl sites for hydroxylation is 1. The average molecular weight is 566 g/mol. The average Bonchev–Trinajstić information content (AvgIpc) is 3.29. The van der Waals surface area contributed by atoms with E-state index in [1.165, 1.54) is 12.1 Å². The Morgan fingerprint density at radius 3 is 2.59 bits per heavy atom. The number of hydrogen-bond donors (Lipinski definition) is 1. The highest BCUT2D eigenvalue weighted by Crippen LogP contribution is 2.38. The number of halogens is 3. The van der Waals surface area contributed by atoms with Crippen LogP contribution in [0.1, 0.15) is 40.5 Å². The number of carbonyl (C=O) groups is 1. The number of nitrogens with one attached hydrogen (secondary N) is 1. The van der Waals surface area contributed by atoms with Crippen LogP contribution in [0.15, 0.2) is 65.9 Å². The molecule has 4 rings (SSSR count). The molecule has 8 nitrogen and oxygen atoms in total. The lowest BCUT2D eigenvalue weighted by Gasteiger charge is -2.25. The minimum absolute atomic E-state index is 0.0477. The second kappa shape index (κ2) is 12.5. The number of rotatable bonds is 9. The summed E-state index contributed by atoms with van der Waals surface area (Å²) in [6.07, 6.45) is 5.75. The van der Waals surface area contributed by atoms with Gasteiger partial charge in [0, 0.05) is 61.0 Å². The predicted molar refractivity (Wildman–Crippen MR) is 157 cm³/mol. The van der Waals surface area contributed by atoms with E-state index in [1.54, 1.807) is 47.2 Å². The Hall–Kier alpha value is -4.25. The van der Waals surface area contributed by atoms with Gasteiger partial charge in [-0.05, 0) is 63.3 Å². The van der Waals surface area contributed by atoms with Crippen LogP contribution < -0.4 is 10.2 Å². The van der Waals surface area contributed by atoms with Gasteiger partial charge in [-0.25, -0.2) is 4.68 Å². The van der Waals surface area contributed by atoms with Crippen molar-refractivity contribution in [1.82, 2.24) is 19.9 Å². The zero-order valence-corrected chi connectivity index (χ0v) is 23.8. The van der Waals surface area contributed by atoms with E-state index in [0.717, 1.165) is 23.6 Å². The summed E-state index contributed by atoms with van der Waals surface area (Å²) in [7, 11) is 5.34. The van der Waals surface area contributed by atoms with Crippen molar-refractivity contribution in [2.75, 3.05) is 44.4 Å². The summed E-state index contributed by atoms with van der Waals surface area (Å²) in [4.78, 5) is 20.9.